The molecule has 1 aliphatic rings. The number of benzene rings is 2. The Balaban J connectivity index is 1.34. The van der Waals surface area contributed by atoms with E-state index in [1.165, 1.54) is 36.1 Å². The van der Waals surface area contributed by atoms with Crippen molar-refractivity contribution < 1.29 is 19.5 Å². The number of rotatable bonds is 7. The van der Waals surface area contributed by atoms with Gasteiger partial charge in [-0.2, -0.15) is 0 Å². The second-order valence-corrected chi connectivity index (χ2v) is 11.1. The van der Waals surface area contributed by atoms with Gasteiger partial charge < -0.3 is 19.8 Å². The van der Waals surface area contributed by atoms with Crippen LogP contribution >= 0.6 is 23.1 Å². The van der Waals surface area contributed by atoms with Gasteiger partial charge in [-0.15, -0.1) is 11.8 Å². The second-order valence-electron chi connectivity index (χ2n) is 8.82. The van der Waals surface area contributed by atoms with Gasteiger partial charge in [0.2, 0.25) is 5.91 Å². The number of amides is 3. The molecule has 1 fully saturated rings. The molecular weight excluding hydrogens is 510 g/mol. The molecule has 0 unspecified atom stereocenters. The van der Waals surface area contributed by atoms with Gasteiger partial charge in [0.15, 0.2) is 5.13 Å². The molecule has 0 spiro atoms. The van der Waals surface area contributed by atoms with Gasteiger partial charge in [0.05, 0.1) is 16.0 Å². The Kier molecular flexibility index (Phi) is 8.34. The molecule has 2 N–H and O–H groups in total. The Morgan fingerprint density at radius 2 is 1.73 bits per heavy atom. The highest BCUT2D eigenvalue weighted by molar-refractivity contribution is 8.00. The Hall–Kier alpha value is -3.57. The fourth-order valence-corrected chi connectivity index (χ4v) is 5.67. The van der Waals surface area contributed by atoms with E-state index in [-0.39, 0.29) is 29.0 Å². The number of aromatic hydroxyl groups is 1. The van der Waals surface area contributed by atoms with Crippen LogP contribution < -0.4 is 10.2 Å². The number of phenolic OH excluding ortho intramolecular Hbond substituents is 1. The molecule has 0 bridgehead atoms. The number of anilines is 2. The fraction of sp³-hybridized carbons (Fsp3) is 0.308. The van der Waals surface area contributed by atoms with Crippen molar-refractivity contribution in [3.05, 3.63) is 65.4 Å². The average molecular weight is 540 g/mol. The number of aromatic nitrogens is 1. The molecular formula is C26H29N5O4S2. The number of hydrogen-bond donors (Lipinski definition) is 2. The molecule has 1 aliphatic heterocycles. The monoisotopic (exact) mass is 539 g/mol. The molecule has 1 saturated heterocycles. The molecule has 0 radical (unpaired) electrons. The van der Waals surface area contributed by atoms with Crippen LogP contribution in [0.2, 0.25) is 0 Å². The third-order valence-electron chi connectivity index (χ3n) is 6.04. The van der Waals surface area contributed by atoms with Gasteiger partial charge in [0, 0.05) is 64.2 Å². The molecule has 3 aromatic rings. The predicted octanol–water partition coefficient (Wildman–Crippen LogP) is 3.76. The van der Waals surface area contributed by atoms with Crippen LogP contribution in [0.25, 0.3) is 0 Å². The van der Waals surface area contributed by atoms with E-state index in [1.54, 1.807) is 40.3 Å². The zero-order valence-corrected chi connectivity index (χ0v) is 22.6. The molecule has 0 aliphatic carbocycles. The summed E-state index contributed by atoms with van der Waals surface area (Å²) < 4.78 is 0.916. The lowest BCUT2D eigenvalue weighted by Crippen LogP contribution is -2.50. The van der Waals surface area contributed by atoms with Crippen molar-refractivity contribution in [3.63, 3.8) is 0 Å². The molecule has 11 heteroatoms. The summed E-state index contributed by atoms with van der Waals surface area (Å²) in [4.78, 5) is 46.7. The molecule has 0 saturated carbocycles. The third-order valence-corrected chi connectivity index (χ3v) is 8.21. The fourth-order valence-electron chi connectivity index (χ4n) is 3.86. The van der Waals surface area contributed by atoms with Crippen molar-refractivity contribution in [2.24, 2.45) is 0 Å². The maximum Gasteiger partial charge on any atom is 0.257 e. The lowest BCUT2D eigenvalue weighted by atomic mass is 10.1. The molecule has 1 aromatic heterocycles. The normalized spacial score (nSPS) is 13.4. The number of carbonyl (C=O) groups is 3. The lowest BCUT2D eigenvalue weighted by Gasteiger charge is -2.34. The highest BCUT2D eigenvalue weighted by Crippen LogP contribution is 2.32. The Labute approximate surface area is 224 Å². The van der Waals surface area contributed by atoms with E-state index >= 15 is 0 Å². The van der Waals surface area contributed by atoms with Crippen molar-refractivity contribution in [1.29, 1.82) is 0 Å². The largest absolute Gasteiger partial charge is 0.507 e. The molecule has 2 heterocycles. The van der Waals surface area contributed by atoms with Crippen LogP contribution in [0.1, 0.15) is 33.2 Å². The van der Waals surface area contributed by atoms with Gasteiger partial charge >= 0.3 is 0 Å². The minimum Gasteiger partial charge on any atom is -0.507 e. The summed E-state index contributed by atoms with van der Waals surface area (Å²) in [5.74, 6) is 0.0452. The first-order chi connectivity index (χ1) is 17.7. The topological polar surface area (TPSA) is 106 Å². The number of thioether (sulfide) groups is 1. The van der Waals surface area contributed by atoms with Crippen LogP contribution in [0, 0.1) is 0 Å². The zero-order valence-electron chi connectivity index (χ0n) is 20.9. The molecule has 2 aromatic carbocycles. The maximum absolute atomic E-state index is 13.0. The summed E-state index contributed by atoms with van der Waals surface area (Å²) in [6, 6.07) is 12.4. The van der Waals surface area contributed by atoms with Crippen LogP contribution in [0.5, 0.6) is 5.75 Å². The van der Waals surface area contributed by atoms with Crippen LogP contribution in [0.4, 0.5) is 10.8 Å². The zero-order chi connectivity index (χ0) is 26.5. The summed E-state index contributed by atoms with van der Waals surface area (Å²) >= 11 is 2.91. The first-order valence-corrected chi connectivity index (χ1v) is 13.6. The van der Waals surface area contributed by atoms with Crippen LogP contribution in [-0.2, 0) is 10.5 Å². The van der Waals surface area contributed by atoms with Crippen molar-refractivity contribution in [1.82, 2.24) is 14.8 Å². The van der Waals surface area contributed by atoms with Gasteiger partial charge in [0.1, 0.15) is 5.75 Å². The third kappa shape index (κ3) is 6.60. The predicted molar refractivity (Wildman–Crippen MR) is 147 cm³/mol. The Morgan fingerprint density at radius 1 is 1.05 bits per heavy atom. The van der Waals surface area contributed by atoms with E-state index in [0.29, 0.717) is 42.6 Å². The summed E-state index contributed by atoms with van der Waals surface area (Å²) in [6.07, 6.45) is 1.71. The molecule has 194 valence electrons. The number of nitrogens with zero attached hydrogens (tertiary/aromatic N) is 4. The van der Waals surface area contributed by atoms with Crippen molar-refractivity contribution in [3.8, 4) is 5.75 Å². The lowest BCUT2D eigenvalue weighted by molar-refractivity contribution is -0.130. The van der Waals surface area contributed by atoms with E-state index in [9.17, 15) is 19.5 Å². The first kappa shape index (κ1) is 26.5. The van der Waals surface area contributed by atoms with E-state index < -0.39 is 0 Å². The van der Waals surface area contributed by atoms with Crippen molar-refractivity contribution >= 4 is 51.6 Å². The molecule has 4 rings (SSSR count). The smallest absolute Gasteiger partial charge is 0.257 e. The molecule has 3 amide bonds. The van der Waals surface area contributed by atoms with E-state index in [1.807, 2.05) is 31.1 Å². The summed E-state index contributed by atoms with van der Waals surface area (Å²) in [5, 5.41) is 13.7. The van der Waals surface area contributed by atoms with E-state index in [2.05, 4.69) is 10.3 Å². The molecule has 37 heavy (non-hydrogen) atoms. The van der Waals surface area contributed by atoms with Crippen molar-refractivity contribution in [2.45, 2.75) is 16.9 Å². The number of nitrogens with one attached hydrogen (secondary N) is 1. The SMILES string of the molecule is CC(=O)N1CCN(C(=O)c2cc(CSc3cnc(NC(=O)c4ccc(N(C)C)cc4)s3)ccc2O)CC1. The summed E-state index contributed by atoms with van der Waals surface area (Å²) in [5.41, 5.74) is 2.71. The van der Waals surface area contributed by atoms with Crippen LogP contribution in [-0.4, -0.2) is 77.9 Å². The number of carbonyl (C=O) groups excluding carboxylic acids is 3. The molecule has 0 atom stereocenters. The quantitative estimate of drug-likeness (QED) is 0.441. The second kappa shape index (κ2) is 11.7. The average Bonchev–Trinajstić information content (AvgIpc) is 3.35. The number of hydrogen-bond acceptors (Lipinski definition) is 8. The maximum atomic E-state index is 13.0. The van der Waals surface area contributed by atoms with Gasteiger partial charge in [0.25, 0.3) is 11.8 Å². The minimum atomic E-state index is -0.242. The highest BCUT2D eigenvalue weighted by atomic mass is 32.2. The van der Waals surface area contributed by atoms with Gasteiger partial charge in [-0.1, -0.05) is 17.4 Å². The van der Waals surface area contributed by atoms with Crippen molar-refractivity contribution in [2.75, 3.05) is 50.5 Å². The minimum absolute atomic E-state index is 0.00146. The number of phenols is 1. The number of piperazine rings is 1. The highest BCUT2D eigenvalue weighted by Gasteiger charge is 2.25. The van der Waals surface area contributed by atoms with Gasteiger partial charge in [-0.05, 0) is 42.0 Å². The Bertz CT molecular complexity index is 1280. The van der Waals surface area contributed by atoms with E-state index in [0.717, 1.165) is 15.5 Å². The standard InChI is InChI=1S/C26H29N5O4S2/c1-17(32)30-10-12-31(13-11-30)25(35)21-14-18(4-9-22(21)33)16-36-23-15-27-26(37-23)28-24(34)19-5-7-20(8-6-19)29(2)3/h4-9,14-15,33H,10-13,16H2,1-3H3,(H,27,28,34). The molecule has 9 nitrogen and oxygen atoms in total. The first-order valence-electron chi connectivity index (χ1n) is 11.8. The summed E-state index contributed by atoms with van der Waals surface area (Å²) in [6.45, 7) is 3.37. The van der Waals surface area contributed by atoms with Crippen LogP contribution in [0.15, 0.2) is 52.9 Å². The van der Waals surface area contributed by atoms with Gasteiger partial charge in [-0.25, -0.2) is 4.98 Å². The summed E-state index contributed by atoms with van der Waals surface area (Å²) in [7, 11) is 3.89. The van der Waals surface area contributed by atoms with E-state index in [4.69, 9.17) is 0 Å². The Morgan fingerprint density at radius 3 is 2.38 bits per heavy atom. The van der Waals surface area contributed by atoms with Gasteiger partial charge in [-0.3, -0.25) is 19.7 Å². The van der Waals surface area contributed by atoms with Crippen LogP contribution in [0.3, 0.4) is 0 Å². The number of thiazole rings is 1.